The molecule has 3 aromatic rings. The molecule has 2 amide bonds. The molecule has 2 N–H and O–H groups in total. The lowest BCUT2D eigenvalue weighted by atomic mass is 9.87. The Morgan fingerprint density at radius 2 is 2.03 bits per heavy atom. The van der Waals surface area contributed by atoms with E-state index in [4.69, 9.17) is 11.6 Å². The topological polar surface area (TPSA) is 78.1 Å². The third kappa shape index (κ3) is 3.85. The van der Waals surface area contributed by atoms with Crippen molar-refractivity contribution < 1.29 is 9.59 Å². The van der Waals surface area contributed by atoms with E-state index in [1.165, 1.54) is 4.88 Å². The number of benzene rings is 1. The number of likely N-dealkylation sites (tertiary alicyclic amines) is 1. The van der Waals surface area contributed by atoms with Gasteiger partial charge in [0, 0.05) is 29.3 Å². The molecule has 2 aliphatic rings. The molecule has 3 heterocycles. The molecule has 5 rings (SSSR count). The zero-order valence-corrected chi connectivity index (χ0v) is 19.0. The summed E-state index contributed by atoms with van der Waals surface area (Å²) in [6, 6.07) is 11.3. The molecule has 5 atom stereocenters. The number of hydrogen-bond donors (Lipinski definition) is 2. The zero-order chi connectivity index (χ0) is 21.7. The van der Waals surface area contributed by atoms with E-state index in [0.717, 1.165) is 34.8 Å². The van der Waals surface area contributed by atoms with Crippen LogP contribution >= 0.6 is 22.9 Å². The minimum absolute atomic E-state index is 0.0253. The number of rotatable bonds is 4. The number of H-pyrrole nitrogens is 1. The molecule has 0 bridgehead atoms. The summed E-state index contributed by atoms with van der Waals surface area (Å²) in [5, 5.41) is 3.14. The van der Waals surface area contributed by atoms with E-state index >= 15 is 0 Å². The van der Waals surface area contributed by atoms with Crippen LogP contribution in [0.15, 0.2) is 36.4 Å². The molecule has 0 radical (unpaired) electrons. The van der Waals surface area contributed by atoms with Crippen molar-refractivity contribution in [3.63, 3.8) is 0 Å². The monoisotopic (exact) mass is 456 g/mol. The summed E-state index contributed by atoms with van der Waals surface area (Å²) in [4.78, 5) is 36.8. The Bertz CT molecular complexity index is 1110. The molecule has 1 saturated heterocycles. The number of nitrogens with zero attached hydrogens (tertiary/aromatic N) is 2. The van der Waals surface area contributed by atoms with E-state index in [1.54, 1.807) is 11.3 Å². The molecule has 3 unspecified atom stereocenters. The van der Waals surface area contributed by atoms with Gasteiger partial charge < -0.3 is 15.2 Å². The summed E-state index contributed by atoms with van der Waals surface area (Å²) in [6.07, 6.45) is 1.74. The summed E-state index contributed by atoms with van der Waals surface area (Å²) >= 11 is 7.63. The van der Waals surface area contributed by atoms with Gasteiger partial charge in [-0.05, 0) is 49.9 Å². The quantitative estimate of drug-likeness (QED) is 0.609. The number of carbonyl (C=O) groups is 2. The number of piperidine rings is 1. The first-order valence-electron chi connectivity index (χ1n) is 10.7. The Balaban J connectivity index is 1.28. The second kappa shape index (κ2) is 7.95. The fourth-order valence-electron chi connectivity index (χ4n) is 4.77. The Morgan fingerprint density at radius 3 is 2.77 bits per heavy atom. The van der Waals surface area contributed by atoms with Crippen LogP contribution < -0.4 is 5.32 Å². The van der Waals surface area contributed by atoms with Crippen molar-refractivity contribution in [2.24, 2.45) is 11.8 Å². The van der Waals surface area contributed by atoms with Crippen molar-refractivity contribution >= 4 is 45.8 Å². The SMILES string of the molecule is CC1CCN(C(=O)[C@@H]2C[C@H]2c2ccc(Cl)s2)C(C)C1NC(=O)c1nc2ccccc2[nH]1. The highest BCUT2D eigenvalue weighted by atomic mass is 35.5. The Morgan fingerprint density at radius 1 is 1.23 bits per heavy atom. The van der Waals surface area contributed by atoms with Gasteiger partial charge in [0.25, 0.3) is 5.91 Å². The molecule has 2 aromatic heterocycles. The number of fused-ring (bicyclic) bond motifs is 1. The molecule has 162 valence electrons. The lowest BCUT2D eigenvalue weighted by molar-refractivity contribution is -0.137. The highest BCUT2D eigenvalue weighted by Crippen LogP contribution is 2.51. The minimum atomic E-state index is -0.230. The predicted octanol–water partition coefficient (Wildman–Crippen LogP) is 4.44. The van der Waals surface area contributed by atoms with Gasteiger partial charge in [-0.1, -0.05) is 30.7 Å². The first kappa shape index (κ1) is 20.5. The van der Waals surface area contributed by atoms with Crippen LogP contribution in [-0.2, 0) is 4.79 Å². The van der Waals surface area contributed by atoms with Crippen molar-refractivity contribution in [3.8, 4) is 0 Å². The number of carbonyl (C=O) groups excluding carboxylic acids is 2. The first-order chi connectivity index (χ1) is 14.9. The van der Waals surface area contributed by atoms with Crippen LogP contribution in [0.1, 0.15) is 48.1 Å². The van der Waals surface area contributed by atoms with E-state index in [1.807, 2.05) is 48.2 Å². The summed E-state index contributed by atoms with van der Waals surface area (Å²) in [7, 11) is 0. The number of amides is 2. The van der Waals surface area contributed by atoms with Gasteiger partial charge >= 0.3 is 0 Å². The second-order valence-corrected chi connectivity index (χ2v) is 10.5. The van der Waals surface area contributed by atoms with Gasteiger partial charge in [0.05, 0.1) is 21.4 Å². The van der Waals surface area contributed by atoms with Gasteiger partial charge in [-0.15, -0.1) is 11.3 Å². The first-order valence-corrected chi connectivity index (χ1v) is 11.9. The maximum Gasteiger partial charge on any atom is 0.287 e. The lowest BCUT2D eigenvalue weighted by Gasteiger charge is -2.43. The molecule has 31 heavy (non-hydrogen) atoms. The van der Waals surface area contributed by atoms with Gasteiger partial charge in [-0.3, -0.25) is 9.59 Å². The van der Waals surface area contributed by atoms with Crippen molar-refractivity contribution in [2.75, 3.05) is 6.54 Å². The Hall–Kier alpha value is -2.38. The highest BCUT2D eigenvalue weighted by molar-refractivity contribution is 7.16. The zero-order valence-electron chi connectivity index (χ0n) is 17.5. The second-order valence-electron chi connectivity index (χ2n) is 8.73. The summed E-state index contributed by atoms with van der Waals surface area (Å²) < 4.78 is 0.765. The standard InChI is InChI=1S/C23H25ClN4O2S/c1-12-9-10-28(23(30)15-11-14(15)18-7-8-19(24)31-18)13(2)20(12)27-22(29)21-25-16-5-3-4-6-17(16)26-21/h3-8,12-15,20H,9-11H2,1-2H3,(H,25,26)(H,27,29)/t12?,13?,14-,15-,20?/m1/s1. The summed E-state index contributed by atoms with van der Waals surface area (Å²) in [6.45, 7) is 4.90. The van der Waals surface area contributed by atoms with E-state index in [2.05, 4.69) is 22.2 Å². The van der Waals surface area contributed by atoms with Gasteiger partial charge in [-0.2, -0.15) is 0 Å². The van der Waals surface area contributed by atoms with Gasteiger partial charge in [-0.25, -0.2) is 4.98 Å². The van der Waals surface area contributed by atoms with E-state index in [-0.39, 0.29) is 41.7 Å². The minimum Gasteiger partial charge on any atom is -0.344 e. The third-order valence-corrected chi connectivity index (χ3v) is 8.07. The average molecular weight is 457 g/mol. The fourth-order valence-corrected chi connectivity index (χ4v) is 6.01. The number of nitrogens with one attached hydrogen (secondary N) is 2. The molecule has 1 aliphatic heterocycles. The average Bonchev–Trinajstić information content (AvgIpc) is 3.23. The Kier molecular flexibility index (Phi) is 5.26. The Labute approximate surface area is 190 Å². The number of para-hydroxylation sites is 2. The number of thiophene rings is 1. The van der Waals surface area contributed by atoms with E-state index in [9.17, 15) is 9.59 Å². The normalized spacial score (nSPS) is 28.0. The number of imidazole rings is 1. The van der Waals surface area contributed by atoms with Crippen molar-refractivity contribution in [2.45, 2.75) is 44.7 Å². The molecule has 0 spiro atoms. The van der Waals surface area contributed by atoms with Gasteiger partial charge in [0.1, 0.15) is 0 Å². The van der Waals surface area contributed by atoms with Crippen LogP contribution in [0, 0.1) is 11.8 Å². The number of hydrogen-bond acceptors (Lipinski definition) is 4. The molecular weight excluding hydrogens is 432 g/mol. The molecule has 8 heteroatoms. The molecule has 6 nitrogen and oxygen atoms in total. The summed E-state index contributed by atoms with van der Waals surface area (Å²) in [5.74, 6) is 0.848. The summed E-state index contributed by atoms with van der Waals surface area (Å²) in [5.41, 5.74) is 1.60. The van der Waals surface area contributed by atoms with Crippen LogP contribution in [-0.4, -0.2) is 45.3 Å². The van der Waals surface area contributed by atoms with Crippen molar-refractivity contribution in [3.05, 3.63) is 51.4 Å². The fraction of sp³-hybridized carbons (Fsp3) is 0.435. The molecule has 1 saturated carbocycles. The van der Waals surface area contributed by atoms with Crippen LogP contribution in [0.2, 0.25) is 4.34 Å². The maximum atomic E-state index is 13.3. The van der Waals surface area contributed by atoms with Crippen LogP contribution in [0.25, 0.3) is 11.0 Å². The van der Waals surface area contributed by atoms with Crippen LogP contribution in [0.3, 0.4) is 0 Å². The number of halogens is 1. The number of aromatic nitrogens is 2. The van der Waals surface area contributed by atoms with Crippen LogP contribution in [0.5, 0.6) is 0 Å². The molecule has 1 aromatic carbocycles. The smallest absolute Gasteiger partial charge is 0.287 e. The van der Waals surface area contributed by atoms with Gasteiger partial charge in [0.2, 0.25) is 5.91 Å². The largest absolute Gasteiger partial charge is 0.344 e. The van der Waals surface area contributed by atoms with Crippen molar-refractivity contribution in [1.29, 1.82) is 0 Å². The third-order valence-electron chi connectivity index (χ3n) is 6.70. The van der Waals surface area contributed by atoms with E-state index < -0.39 is 0 Å². The lowest BCUT2D eigenvalue weighted by Crippen LogP contribution is -2.59. The molecular formula is C23H25ClN4O2S. The van der Waals surface area contributed by atoms with E-state index in [0.29, 0.717) is 5.82 Å². The predicted molar refractivity (Wildman–Crippen MR) is 122 cm³/mol. The van der Waals surface area contributed by atoms with Crippen LogP contribution in [0.4, 0.5) is 0 Å². The van der Waals surface area contributed by atoms with Gasteiger partial charge in [0.15, 0.2) is 5.82 Å². The van der Waals surface area contributed by atoms with Crippen molar-refractivity contribution in [1.82, 2.24) is 20.2 Å². The molecule has 1 aliphatic carbocycles. The molecule has 2 fully saturated rings. The maximum absolute atomic E-state index is 13.3. The number of aromatic amines is 1. The highest BCUT2D eigenvalue weighted by Gasteiger charge is 2.49.